The average Bonchev–Trinajstić information content (AvgIpc) is 2.90. The van der Waals surface area contributed by atoms with E-state index in [-0.39, 0.29) is 17.2 Å². The van der Waals surface area contributed by atoms with E-state index in [1.807, 2.05) is 11.0 Å². The minimum absolute atomic E-state index is 0.0947. The molecule has 0 saturated carbocycles. The summed E-state index contributed by atoms with van der Waals surface area (Å²) in [5, 5.41) is 8.15. The van der Waals surface area contributed by atoms with Gasteiger partial charge < -0.3 is 10.2 Å². The van der Waals surface area contributed by atoms with Crippen LogP contribution in [0.15, 0.2) is 83.7 Å². The zero-order valence-corrected chi connectivity index (χ0v) is 18.6. The Morgan fingerprint density at radius 2 is 1.41 bits per heavy atom. The summed E-state index contributed by atoms with van der Waals surface area (Å²) < 4.78 is 1.24. The molecule has 4 aromatic rings. The second kappa shape index (κ2) is 9.31. The molecule has 1 aromatic heterocycles. The number of benzene rings is 3. The Morgan fingerprint density at radius 3 is 2.18 bits per heavy atom. The van der Waals surface area contributed by atoms with Gasteiger partial charge in [-0.05, 0) is 49.6 Å². The molecule has 1 fully saturated rings. The SMILES string of the molecule is O=C(Nc1ccccc1C(=O)N1CCCCC1)c1nn(-c2ccccc2)c(=O)c2ccccc12. The molecule has 1 aliphatic heterocycles. The van der Waals surface area contributed by atoms with Gasteiger partial charge in [0.15, 0.2) is 5.69 Å². The summed E-state index contributed by atoms with van der Waals surface area (Å²) in [7, 11) is 0. The molecule has 0 unspecified atom stereocenters. The highest BCUT2D eigenvalue weighted by Gasteiger charge is 2.23. The number of amides is 2. The lowest BCUT2D eigenvalue weighted by Crippen LogP contribution is -2.36. The van der Waals surface area contributed by atoms with Crippen molar-refractivity contribution in [3.05, 3.63) is 100 Å². The minimum atomic E-state index is -0.486. The van der Waals surface area contributed by atoms with E-state index >= 15 is 0 Å². The quantitative estimate of drug-likeness (QED) is 0.501. The van der Waals surface area contributed by atoms with Crippen LogP contribution < -0.4 is 10.9 Å². The third kappa shape index (κ3) is 4.08. The zero-order chi connectivity index (χ0) is 23.5. The molecule has 34 heavy (non-hydrogen) atoms. The standard InChI is InChI=1S/C27H24N4O3/c32-25(28-23-16-8-7-15-22(23)26(33)30-17-9-2-10-18-30)24-20-13-5-6-14-21(20)27(34)31(29-24)19-11-3-1-4-12-19/h1,3-8,11-16H,2,9-10,17-18H2,(H,28,32). The highest BCUT2D eigenvalue weighted by Crippen LogP contribution is 2.22. The fourth-order valence-electron chi connectivity index (χ4n) is 4.33. The van der Waals surface area contributed by atoms with Crippen LogP contribution in [-0.4, -0.2) is 39.6 Å². The molecule has 7 nitrogen and oxygen atoms in total. The van der Waals surface area contributed by atoms with E-state index in [1.165, 1.54) is 4.68 Å². The van der Waals surface area contributed by atoms with Crippen molar-refractivity contribution in [3.63, 3.8) is 0 Å². The molecule has 2 amide bonds. The molecule has 0 spiro atoms. The second-order valence-corrected chi connectivity index (χ2v) is 8.30. The first kappa shape index (κ1) is 21.6. The van der Waals surface area contributed by atoms with Gasteiger partial charge in [-0.3, -0.25) is 14.4 Å². The third-order valence-electron chi connectivity index (χ3n) is 6.07. The predicted molar refractivity (Wildman–Crippen MR) is 131 cm³/mol. The largest absolute Gasteiger partial charge is 0.339 e. The minimum Gasteiger partial charge on any atom is -0.339 e. The van der Waals surface area contributed by atoms with Crippen LogP contribution in [-0.2, 0) is 0 Å². The molecule has 1 saturated heterocycles. The third-order valence-corrected chi connectivity index (χ3v) is 6.07. The van der Waals surface area contributed by atoms with E-state index in [0.29, 0.717) is 27.7 Å². The van der Waals surface area contributed by atoms with Crippen molar-refractivity contribution in [2.45, 2.75) is 19.3 Å². The molecule has 0 atom stereocenters. The molecule has 1 N–H and O–H groups in total. The van der Waals surface area contributed by atoms with E-state index < -0.39 is 5.91 Å². The van der Waals surface area contributed by atoms with E-state index in [4.69, 9.17) is 0 Å². The van der Waals surface area contributed by atoms with Gasteiger partial charge in [-0.1, -0.05) is 48.5 Å². The van der Waals surface area contributed by atoms with Crippen LogP contribution in [0.1, 0.15) is 40.1 Å². The van der Waals surface area contributed by atoms with Gasteiger partial charge in [0.1, 0.15) is 0 Å². The Morgan fingerprint density at radius 1 is 0.765 bits per heavy atom. The molecule has 5 rings (SSSR count). The second-order valence-electron chi connectivity index (χ2n) is 8.30. The van der Waals surface area contributed by atoms with Gasteiger partial charge in [0.25, 0.3) is 17.4 Å². The fraction of sp³-hybridized carbons (Fsp3) is 0.185. The molecule has 2 heterocycles. The van der Waals surface area contributed by atoms with Crippen molar-refractivity contribution in [3.8, 4) is 5.69 Å². The van der Waals surface area contributed by atoms with E-state index in [1.54, 1.807) is 72.8 Å². The summed E-state index contributed by atoms with van der Waals surface area (Å²) in [5.41, 5.74) is 1.23. The van der Waals surface area contributed by atoms with Gasteiger partial charge in [-0.25, -0.2) is 0 Å². The summed E-state index contributed by atoms with van der Waals surface area (Å²) in [6, 6.07) is 22.9. The summed E-state index contributed by atoms with van der Waals surface area (Å²) in [6.07, 6.45) is 3.09. The zero-order valence-electron chi connectivity index (χ0n) is 18.6. The maximum absolute atomic E-state index is 13.5. The first-order chi connectivity index (χ1) is 16.6. The molecule has 0 bridgehead atoms. The number of likely N-dealkylation sites (tertiary alicyclic amines) is 1. The van der Waals surface area contributed by atoms with Crippen LogP contribution in [0.25, 0.3) is 16.5 Å². The van der Waals surface area contributed by atoms with Crippen LogP contribution in [0.5, 0.6) is 0 Å². The summed E-state index contributed by atoms with van der Waals surface area (Å²) in [5.74, 6) is -0.581. The van der Waals surface area contributed by atoms with Crippen molar-refractivity contribution in [2.24, 2.45) is 0 Å². The van der Waals surface area contributed by atoms with Crippen molar-refractivity contribution >= 4 is 28.3 Å². The predicted octanol–water partition coefficient (Wildman–Crippen LogP) is 4.26. The van der Waals surface area contributed by atoms with E-state index in [0.717, 1.165) is 32.4 Å². The lowest BCUT2D eigenvalue weighted by atomic mass is 10.1. The van der Waals surface area contributed by atoms with Crippen LogP contribution in [0.3, 0.4) is 0 Å². The Bertz CT molecular complexity index is 1420. The number of anilines is 1. The monoisotopic (exact) mass is 452 g/mol. The number of fused-ring (bicyclic) bond motifs is 1. The van der Waals surface area contributed by atoms with Crippen molar-refractivity contribution in [1.29, 1.82) is 0 Å². The number of para-hydroxylation sites is 2. The van der Waals surface area contributed by atoms with Crippen LogP contribution in [0, 0.1) is 0 Å². The molecule has 170 valence electrons. The number of carbonyl (C=O) groups excluding carboxylic acids is 2. The number of aromatic nitrogens is 2. The molecule has 0 aliphatic carbocycles. The Labute approximate surface area is 196 Å². The number of nitrogens with zero attached hydrogens (tertiary/aromatic N) is 3. The molecule has 3 aromatic carbocycles. The molecule has 7 heteroatoms. The van der Waals surface area contributed by atoms with Gasteiger partial charge in [0, 0.05) is 18.5 Å². The summed E-state index contributed by atoms with van der Waals surface area (Å²) in [6.45, 7) is 1.44. The Balaban J connectivity index is 1.55. The molecular weight excluding hydrogens is 428 g/mol. The number of carbonyl (C=O) groups is 2. The number of piperidine rings is 1. The van der Waals surface area contributed by atoms with Gasteiger partial charge >= 0.3 is 0 Å². The fourth-order valence-corrected chi connectivity index (χ4v) is 4.33. The molecule has 1 aliphatic rings. The first-order valence-corrected chi connectivity index (χ1v) is 11.4. The number of hydrogen-bond donors (Lipinski definition) is 1. The van der Waals surface area contributed by atoms with Gasteiger partial charge in [-0.2, -0.15) is 9.78 Å². The number of hydrogen-bond acceptors (Lipinski definition) is 4. The van der Waals surface area contributed by atoms with Crippen LogP contribution >= 0.6 is 0 Å². The average molecular weight is 453 g/mol. The maximum Gasteiger partial charge on any atom is 0.279 e. The smallest absolute Gasteiger partial charge is 0.279 e. The maximum atomic E-state index is 13.5. The summed E-state index contributed by atoms with van der Waals surface area (Å²) >= 11 is 0. The van der Waals surface area contributed by atoms with Gasteiger partial charge in [0.05, 0.1) is 22.3 Å². The lowest BCUT2D eigenvalue weighted by molar-refractivity contribution is 0.0725. The van der Waals surface area contributed by atoms with Gasteiger partial charge in [0.2, 0.25) is 0 Å². The Kier molecular flexibility index (Phi) is 5.91. The highest BCUT2D eigenvalue weighted by atomic mass is 16.2. The molecular formula is C27H24N4O3. The number of nitrogens with one attached hydrogen (secondary N) is 1. The first-order valence-electron chi connectivity index (χ1n) is 11.4. The topological polar surface area (TPSA) is 84.3 Å². The van der Waals surface area contributed by atoms with Crippen molar-refractivity contribution in [1.82, 2.24) is 14.7 Å². The van der Waals surface area contributed by atoms with Gasteiger partial charge in [-0.15, -0.1) is 0 Å². The lowest BCUT2D eigenvalue weighted by Gasteiger charge is -2.27. The van der Waals surface area contributed by atoms with E-state index in [9.17, 15) is 14.4 Å². The normalized spacial score (nSPS) is 13.6. The number of rotatable bonds is 4. The van der Waals surface area contributed by atoms with Crippen molar-refractivity contribution < 1.29 is 9.59 Å². The van der Waals surface area contributed by atoms with E-state index in [2.05, 4.69) is 10.4 Å². The highest BCUT2D eigenvalue weighted by molar-refractivity contribution is 6.13. The van der Waals surface area contributed by atoms with Crippen LogP contribution in [0.4, 0.5) is 5.69 Å². The summed E-state index contributed by atoms with van der Waals surface area (Å²) in [4.78, 5) is 41.5. The molecule has 0 radical (unpaired) electrons. The van der Waals surface area contributed by atoms with Crippen LogP contribution in [0.2, 0.25) is 0 Å². The van der Waals surface area contributed by atoms with Crippen molar-refractivity contribution in [2.75, 3.05) is 18.4 Å². The Hall–Kier alpha value is -4.26.